The smallest absolute Gasteiger partial charge is 0.390 e. The van der Waals surface area contributed by atoms with Crippen LogP contribution in [0.15, 0.2) is 12.4 Å². The van der Waals surface area contributed by atoms with Crippen molar-refractivity contribution in [3.05, 3.63) is 22.5 Å². The fourth-order valence-electron chi connectivity index (χ4n) is 2.40. The first-order chi connectivity index (χ1) is 8.66. The summed E-state index contributed by atoms with van der Waals surface area (Å²) in [6.07, 6.45) is 6.64. The maximum absolute atomic E-state index is 10.7. The molecule has 0 radical (unpaired) electrons. The maximum Gasteiger partial charge on any atom is 0.434 e. The highest BCUT2D eigenvalue weighted by Crippen LogP contribution is 2.16. The van der Waals surface area contributed by atoms with Gasteiger partial charge in [0.25, 0.3) is 0 Å². The van der Waals surface area contributed by atoms with E-state index in [2.05, 4.69) is 16.8 Å². The van der Waals surface area contributed by atoms with Crippen molar-refractivity contribution in [2.24, 2.45) is 5.92 Å². The van der Waals surface area contributed by atoms with Gasteiger partial charge in [0.2, 0.25) is 0 Å². The summed E-state index contributed by atoms with van der Waals surface area (Å²) >= 11 is 0. The molecular formula is C12H20N4O2. The van der Waals surface area contributed by atoms with Gasteiger partial charge in [0.05, 0.1) is 6.54 Å². The number of hydrogen-bond donors (Lipinski definition) is 0. The Bertz CT molecular complexity index is 397. The van der Waals surface area contributed by atoms with Gasteiger partial charge in [0, 0.05) is 6.54 Å². The first kappa shape index (κ1) is 13.0. The summed E-state index contributed by atoms with van der Waals surface area (Å²) in [7, 11) is 0. The Morgan fingerprint density at radius 2 is 2.17 bits per heavy atom. The molecule has 0 spiro atoms. The lowest BCUT2D eigenvalue weighted by Gasteiger charge is -2.29. The predicted molar refractivity (Wildman–Crippen MR) is 68.3 cm³/mol. The Morgan fingerprint density at radius 3 is 2.83 bits per heavy atom. The van der Waals surface area contributed by atoms with Crippen LogP contribution in [0.4, 0.5) is 5.95 Å². The molecule has 0 unspecified atom stereocenters. The van der Waals surface area contributed by atoms with Gasteiger partial charge >= 0.3 is 5.95 Å². The first-order valence-electron chi connectivity index (χ1n) is 6.54. The molecule has 1 saturated heterocycles. The molecule has 0 aliphatic carbocycles. The van der Waals surface area contributed by atoms with Crippen LogP contribution < -0.4 is 0 Å². The maximum atomic E-state index is 10.7. The number of nitrogens with zero attached hydrogens (tertiary/aromatic N) is 4. The van der Waals surface area contributed by atoms with E-state index in [1.54, 1.807) is 10.8 Å². The van der Waals surface area contributed by atoms with Crippen LogP contribution in [0, 0.1) is 16.0 Å². The highest BCUT2D eigenvalue weighted by atomic mass is 16.6. The molecule has 18 heavy (non-hydrogen) atoms. The largest absolute Gasteiger partial charge is 0.434 e. The van der Waals surface area contributed by atoms with Crippen molar-refractivity contribution >= 4 is 5.95 Å². The molecule has 0 aromatic carbocycles. The van der Waals surface area contributed by atoms with Gasteiger partial charge in [-0.25, -0.2) is 4.57 Å². The second-order valence-electron chi connectivity index (χ2n) is 5.06. The Labute approximate surface area is 107 Å². The van der Waals surface area contributed by atoms with Crippen molar-refractivity contribution in [3.8, 4) is 0 Å². The van der Waals surface area contributed by atoms with Crippen LogP contribution >= 0.6 is 0 Å². The number of rotatable bonds is 5. The van der Waals surface area contributed by atoms with Crippen LogP contribution in [0.1, 0.15) is 26.2 Å². The van der Waals surface area contributed by atoms with E-state index in [1.807, 2.05) is 0 Å². The van der Waals surface area contributed by atoms with Gasteiger partial charge in [-0.15, -0.1) is 0 Å². The molecule has 0 atom stereocenters. The third-order valence-electron chi connectivity index (χ3n) is 3.61. The second-order valence-corrected chi connectivity index (χ2v) is 5.06. The van der Waals surface area contributed by atoms with Crippen LogP contribution in [0.5, 0.6) is 0 Å². The molecule has 6 nitrogen and oxygen atoms in total. The molecule has 0 saturated carbocycles. The Hall–Kier alpha value is -1.43. The standard InChI is InChI=1S/C12H20N4O2/c1-11-3-8-14(9-4-11)6-2-7-15-10-5-13-12(15)16(17)18/h5,10-11H,2-4,6-9H2,1H3. The summed E-state index contributed by atoms with van der Waals surface area (Å²) in [5.74, 6) is 0.790. The molecule has 1 aliphatic heterocycles. The van der Waals surface area contributed by atoms with E-state index in [-0.39, 0.29) is 5.95 Å². The molecule has 2 heterocycles. The van der Waals surface area contributed by atoms with E-state index in [0.29, 0.717) is 6.54 Å². The summed E-state index contributed by atoms with van der Waals surface area (Å²) in [6.45, 7) is 6.30. The van der Waals surface area contributed by atoms with Gasteiger partial charge in [-0.1, -0.05) is 11.9 Å². The van der Waals surface area contributed by atoms with Gasteiger partial charge in [-0.05, 0) is 43.2 Å². The molecule has 1 fully saturated rings. The lowest BCUT2D eigenvalue weighted by atomic mass is 9.99. The molecule has 1 aliphatic rings. The monoisotopic (exact) mass is 252 g/mol. The number of aryl methyl sites for hydroxylation is 1. The van der Waals surface area contributed by atoms with E-state index in [9.17, 15) is 10.1 Å². The van der Waals surface area contributed by atoms with Gasteiger partial charge < -0.3 is 15.0 Å². The van der Waals surface area contributed by atoms with Gasteiger partial charge in [-0.3, -0.25) is 0 Å². The van der Waals surface area contributed by atoms with Crippen molar-refractivity contribution in [3.63, 3.8) is 0 Å². The van der Waals surface area contributed by atoms with Crippen LogP contribution in [-0.2, 0) is 6.54 Å². The van der Waals surface area contributed by atoms with E-state index < -0.39 is 4.92 Å². The normalized spacial score (nSPS) is 18.1. The first-order valence-corrected chi connectivity index (χ1v) is 6.54. The number of hydrogen-bond acceptors (Lipinski definition) is 4. The summed E-state index contributed by atoms with van der Waals surface area (Å²) < 4.78 is 1.62. The number of nitro groups is 1. The van der Waals surface area contributed by atoms with E-state index >= 15 is 0 Å². The minimum absolute atomic E-state index is 0.0535. The third kappa shape index (κ3) is 3.29. The molecule has 1 aromatic heterocycles. The Balaban J connectivity index is 1.75. The molecule has 6 heteroatoms. The average molecular weight is 252 g/mol. The van der Waals surface area contributed by atoms with E-state index in [4.69, 9.17) is 0 Å². The predicted octanol–water partition coefficient (Wildman–Crippen LogP) is 1.91. The minimum Gasteiger partial charge on any atom is -0.390 e. The fourth-order valence-corrected chi connectivity index (χ4v) is 2.40. The van der Waals surface area contributed by atoms with Gasteiger partial charge in [-0.2, -0.15) is 0 Å². The van der Waals surface area contributed by atoms with Crippen molar-refractivity contribution in [1.82, 2.24) is 14.5 Å². The van der Waals surface area contributed by atoms with E-state index in [1.165, 1.54) is 19.0 Å². The van der Waals surface area contributed by atoms with Crippen molar-refractivity contribution in [2.75, 3.05) is 19.6 Å². The topological polar surface area (TPSA) is 64.2 Å². The molecule has 2 rings (SSSR count). The summed E-state index contributed by atoms with van der Waals surface area (Å²) in [4.78, 5) is 16.5. The van der Waals surface area contributed by atoms with Crippen molar-refractivity contribution in [1.29, 1.82) is 0 Å². The lowest BCUT2D eigenvalue weighted by molar-refractivity contribution is -0.396. The molecule has 0 amide bonds. The van der Waals surface area contributed by atoms with Gasteiger partial charge in [0.15, 0.2) is 0 Å². The zero-order valence-corrected chi connectivity index (χ0v) is 10.8. The third-order valence-corrected chi connectivity index (χ3v) is 3.61. The van der Waals surface area contributed by atoms with Crippen LogP contribution in [0.2, 0.25) is 0 Å². The summed E-state index contributed by atoms with van der Waals surface area (Å²) in [6, 6.07) is 0. The number of likely N-dealkylation sites (tertiary alicyclic amines) is 1. The van der Waals surface area contributed by atoms with E-state index in [0.717, 1.165) is 32.0 Å². The number of aromatic nitrogens is 2. The SMILES string of the molecule is CC1CCN(CCCn2ccnc2[N+](=O)[O-])CC1. The van der Waals surface area contributed by atoms with Gasteiger partial charge in [0.1, 0.15) is 12.4 Å². The molecular weight excluding hydrogens is 232 g/mol. The highest BCUT2D eigenvalue weighted by molar-refractivity contribution is 5.06. The zero-order chi connectivity index (χ0) is 13.0. The fraction of sp³-hybridized carbons (Fsp3) is 0.750. The molecule has 1 aromatic rings. The quantitative estimate of drug-likeness (QED) is 0.593. The zero-order valence-electron chi connectivity index (χ0n) is 10.8. The Kier molecular flexibility index (Phi) is 4.30. The van der Waals surface area contributed by atoms with Crippen LogP contribution in [0.3, 0.4) is 0 Å². The summed E-state index contributed by atoms with van der Waals surface area (Å²) in [5, 5.41) is 10.7. The second kappa shape index (κ2) is 5.95. The highest BCUT2D eigenvalue weighted by Gasteiger charge is 2.17. The average Bonchev–Trinajstić information content (AvgIpc) is 2.80. The molecule has 0 N–H and O–H groups in total. The molecule has 0 bridgehead atoms. The van der Waals surface area contributed by atoms with Crippen LogP contribution in [-0.4, -0.2) is 39.0 Å². The van der Waals surface area contributed by atoms with Crippen molar-refractivity contribution < 1.29 is 4.92 Å². The van der Waals surface area contributed by atoms with Crippen molar-refractivity contribution in [2.45, 2.75) is 32.7 Å². The Morgan fingerprint density at radius 1 is 1.44 bits per heavy atom. The minimum atomic E-state index is -0.428. The molecule has 100 valence electrons. The lowest BCUT2D eigenvalue weighted by Crippen LogP contribution is -2.34. The summed E-state index contributed by atoms with van der Waals surface area (Å²) in [5.41, 5.74) is 0. The van der Waals surface area contributed by atoms with Crippen LogP contribution in [0.25, 0.3) is 0 Å². The number of piperidine rings is 1. The number of imidazole rings is 1.